The number of hydrogen-bond donors (Lipinski definition) is 1. The van der Waals surface area contributed by atoms with E-state index in [-0.39, 0.29) is 23.8 Å². The molecule has 29 heavy (non-hydrogen) atoms. The Hall–Kier alpha value is -3.26. The van der Waals surface area contributed by atoms with Gasteiger partial charge in [-0.05, 0) is 43.3 Å². The van der Waals surface area contributed by atoms with Gasteiger partial charge in [0.15, 0.2) is 22.9 Å². The maximum Gasteiger partial charge on any atom is 0.307 e. The Morgan fingerprint density at radius 1 is 1.24 bits per heavy atom. The van der Waals surface area contributed by atoms with Gasteiger partial charge in [0.2, 0.25) is 0 Å². The molecule has 2 heterocycles. The van der Waals surface area contributed by atoms with Crippen LogP contribution in [0.15, 0.2) is 53.2 Å². The van der Waals surface area contributed by atoms with E-state index in [0.717, 1.165) is 0 Å². The molecule has 0 fully saturated rings. The number of pyridine rings is 1. The number of benzene rings is 1. The maximum absolute atomic E-state index is 13.0. The predicted octanol–water partition coefficient (Wildman–Crippen LogP) is 4.03. The van der Waals surface area contributed by atoms with Crippen LogP contribution in [-0.2, 0) is 20.7 Å². The fourth-order valence-electron chi connectivity index (χ4n) is 2.41. The first kappa shape index (κ1) is 20.5. The monoisotopic (exact) mass is 417 g/mol. The van der Waals surface area contributed by atoms with Crippen LogP contribution >= 0.6 is 11.6 Å². The van der Waals surface area contributed by atoms with E-state index in [4.69, 9.17) is 20.8 Å². The van der Waals surface area contributed by atoms with Crippen LogP contribution in [0.3, 0.4) is 0 Å². The zero-order valence-electron chi connectivity index (χ0n) is 15.4. The molecule has 9 heteroatoms. The second-order valence-corrected chi connectivity index (χ2v) is 6.45. The van der Waals surface area contributed by atoms with E-state index in [0.29, 0.717) is 22.9 Å². The smallest absolute Gasteiger partial charge is 0.307 e. The fourth-order valence-corrected chi connectivity index (χ4v) is 2.57. The number of anilines is 1. The van der Waals surface area contributed by atoms with E-state index in [1.54, 1.807) is 24.3 Å². The summed E-state index contributed by atoms with van der Waals surface area (Å²) in [6.45, 7) is 1.45. The molecule has 1 amide bonds. The van der Waals surface area contributed by atoms with Gasteiger partial charge in [0, 0.05) is 18.2 Å². The number of oxazole rings is 1. The molecule has 0 saturated heterocycles. The Kier molecular flexibility index (Phi) is 6.56. The van der Waals surface area contributed by atoms with Crippen LogP contribution in [-0.4, -0.2) is 27.9 Å². The zero-order chi connectivity index (χ0) is 20.8. The normalized spacial score (nSPS) is 11.7. The molecule has 1 aromatic carbocycles. The number of hydrogen-bond acceptors (Lipinski definition) is 6. The highest BCUT2D eigenvalue weighted by Gasteiger charge is 2.19. The Morgan fingerprint density at radius 3 is 2.72 bits per heavy atom. The van der Waals surface area contributed by atoms with E-state index in [2.05, 4.69) is 15.3 Å². The average Bonchev–Trinajstić information content (AvgIpc) is 3.17. The van der Waals surface area contributed by atoms with Gasteiger partial charge in [0.1, 0.15) is 5.82 Å². The number of carbonyl (C=O) groups excluding carboxylic acids is 2. The predicted molar refractivity (Wildman–Crippen MR) is 104 cm³/mol. The lowest BCUT2D eigenvalue weighted by atomic mass is 10.2. The van der Waals surface area contributed by atoms with Crippen LogP contribution in [0.5, 0.6) is 0 Å². The highest BCUT2D eigenvalue weighted by molar-refractivity contribution is 6.32. The van der Waals surface area contributed by atoms with Crippen LogP contribution in [0.25, 0.3) is 11.3 Å². The van der Waals surface area contributed by atoms with Gasteiger partial charge in [-0.15, -0.1) is 0 Å². The second kappa shape index (κ2) is 9.29. The molecule has 3 aromatic rings. The molecule has 0 aliphatic rings. The van der Waals surface area contributed by atoms with Gasteiger partial charge in [-0.2, -0.15) is 0 Å². The summed E-state index contributed by atoms with van der Waals surface area (Å²) in [6.07, 6.45) is 2.16. The third-order valence-electron chi connectivity index (χ3n) is 3.92. The number of esters is 1. The van der Waals surface area contributed by atoms with Gasteiger partial charge in [-0.25, -0.2) is 14.4 Å². The van der Waals surface area contributed by atoms with Crippen molar-refractivity contribution in [2.45, 2.75) is 25.9 Å². The van der Waals surface area contributed by atoms with Crippen molar-refractivity contribution in [2.24, 2.45) is 0 Å². The fraction of sp³-hybridized carbons (Fsp3) is 0.200. The second-order valence-electron chi connectivity index (χ2n) is 6.09. The van der Waals surface area contributed by atoms with Crippen molar-refractivity contribution in [3.8, 4) is 11.3 Å². The summed E-state index contributed by atoms with van der Waals surface area (Å²) in [5.74, 6) is -0.649. The molecule has 0 aliphatic heterocycles. The first-order valence-corrected chi connectivity index (χ1v) is 9.11. The summed E-state index contributed by atoms with van der Waals surface area (Å²) in [5.41, 5.74) is 1.00. The lowest BCUT2D eigenvalue weighted by Crippen LogP contribution is -2.30. The van der Waals surface area contributed by atoms with Crippen molar-refractivity contribution in [1.82, 2.24) is 9.97 Å². The molecule has 0 saturated carbocycles. The minimum absolute atomic E-state index is 0.0192. The third-order valence-corrected chi connectivity index (χ3v) is 4.22. The van der Waals surface area contributed by atoms with Gasteiger partial charge in [0.25, 0.3) is 5.91 Å². The Bertz CT molecular complexity index is 1010. The highest BCUT2D eigenvalue weighted by atomic mass is 35.5. The van der Waals surface area contributed by atoms with E-state index >= 15 is 0 Å². The van der Waals surface area contributed by atoms with Gasteiger partial charge in [-0.1, -0.05) is 11.6 Å². The van der Waals surface area contributed by atoms with Gasteiger partial charge in [0.05, 0.1) is 18.3 Å². The van der Waals surface area contributed by atoms with E-state index in [1.807, 2.05) is 0 Å². The largest absolute Gasteiger partial charge is 0.453 e. The van der Waals surface area contributed by atoms with Crippen LogP contribution in [0.4, 0.5) is 10.1 Å². The number of aryl methyl sites for hydroxylation is 1. The summed E-state index contributed by atoms with van der Waals surface area (Å²) < 4.78 is 23.7. The molecule has 150 valence electrons. The van der Waals surface area contributed by atoms with E-state index in [9.17, 15) is 14.0 Å². The number of carbonyl (C=O) groups is 2. The molecule has 2 aromatic heterocycles. The number of aromatic nitrogens is 2. The first-order valence-electron chi connectivity index (χ1n) is 8.74. The standard InChI is InChI=1S/C20H17ClFN3O4/c1-12(20(27)25-15-3-2-10-23-19(15)21)28-18(26)9-8-17-24-11-16(29-17)13-4-6-14(22)7-5-13/h2-7,10-12H,8-9H2,1H3,(H,25,27). The molecule has 1 N–H and O–H groups in total. The van der Waals surface area contributed by atoms with Gasteiger partial charge < -0.3 is 14.5 Å². The molecular weight excluding hydrogens is 401 g/mol. The van der Waals surface area contributed by atoms with E-state index < -0.39 is 18.0 Å². The average molecular weight is 418 g/mol. The number of nitrogens with one attached hydrogen (secondary N) is 1. The Balaban J connectivity index is 1.49. The topological polar surface area (TPSA) is 94.3 Å². The quantitative estimate of drug-likeness (QED) is 0.460. The van der Waals surface area contributed by atoms with Crippen molar-refractivity contribution < 1.29 is 23.1 Å². The summed E-state index contributed by atoms with van der Waals surface area (Å²) in [7, 11) is 0. The summed E-state index contributed by atoms with van der Waals surface area (Å²) in [4.78, 5) is 32.1. The maximum atomic E-state index is 13.0. The molecule has 7 nitrogen and oxygen atoms in total. The van der Waals surface area contributed by atoms with Crippen LogP contribution in [0.1, 0.15) is 19.2 Å². The van der Waals surface area contributed by atoms with Crippen molar-refractivity contribution in [3.05, 3.63) is 65.7 Å². The van der Waals surface area contributed by atoms with Crippen molar-refractivity contribution in [3.63, 3.8) is 0 Å². The lowest BCUT2D eigenvalue weighted by molar-refractivity contribution is -0.153. The van der Waals surface area contributed by atoms with Crippen LogP contribution in [0, 0.1) is 5.82 Å². The summed E-state index contributed by atoms with van der Waals surface area (Å²) >= 11 is 5.88. The molecule has 1 unspecified atom stereocenters. The van der Waals surface area contributed by atoms with Crippen molar-refractivity contribution in [2.75, 3.05) is 5.32 Å². The SMILES string of the molecule is CC(OC(=O)CCc1ncc(-c2ccc(F)cc2)o1)C(=O)Nc1cccnc1Cl. The van der Waals surface area contributed by atoms with Crippen LogP contribution < -0.4 is 5.32 Å². The lowest BCUT2D eigenvalue weighted by Gasteiger charge is -2.13. The Labute approximate surface area is 170 Å². The molecule has 0 aliphatic carbocycles. The molecular formula is C20H17ClFN3O4. The zero-order valence-corrected chi connectivity index (χ0v) is 16.1. The molecule has 1 atom stereocenters. The number of rotatable bonds is 7. The van der Waals surface area contributed by atoms with Crippen LogP contribution in [0.2, 0.25) is 5.15 Å². The molecule has 0 spiro atoms. The molecule has 3 rings (SSSR count). The number of nitrogens with zero attached hydrogens (tertiary/aromatic N) is 2. The summed E-state index contributed by atoms with van der Waals surface area (Å²) in [5, 5.41) is 2.69. The first-order chi connectivity index (χ1) is 13.9. The number of halogens is 2. The molecule has 0 radical (unpaired) electrons. The third kappa shape index (κ3) is 5.61. The molecule has 0 bridgehead atoms. The highest BCUT2D eigenvalue weighted by Crippen LogP contribution is 2.21. The van der Waals surface area contributed by atoms with Crippen molar-refractivity contribution in [1.29, 1.82) is 0 Å². The van der Waals surface area contributed by atoms with Crippen molar-refractivity contribution >= 4 is 29.2 Å². The van der Waals surface area contributed by atoms with Gasteiger partial charge in [-0.3, -0.25) is 9.59 Å². The minimum atomic E-state index is -1.02. The number of ether oxygens (including phenoxy) is 1. The minimum Gasteiger partial charge on any atom is -0.453 e. The summed E-state index contributed by atoms with van der Waals surface area (Å²) in [6, 6.07) is 8.99. The van der Waals surface area contributed by atoms with E-state index in [1.165, 1.54) is 31.5 Å². The number of amides is 1. The Morgan fingerprint density at radius 2 is 2.00 bits per heavy atom. The van der Waals surface area contributed by atoms with Gasteiger partial charge >= 0.3 is 5.97 Å².